The molecular formula is C33H32N2O5. The Labute approximate surface area is 232 Å². The van der Waals surface area contributed by atoms with Gasteiger partial charge in [-0.2, -0.15) is 0 Å². The third kappa shape index (κ3) is 6.34. The number of aliphatic hydroxyl groups excluding tert-OH is 1. The smallest absolute Gasteiger partial charge is 0.336 e. The van der Waals surface area contributed by atoms with E-state index in [1.165, 1.54) is 17.7 Å². The molecule has 0 spiro atoms. The SMILES string of the molecule is CCOc1ccc(Nc2ccc(CCNC[C@H](O)c3ccc(O)c4oc(=O)ccc34)cc2)cc1-c1ccccc1. The Morgan fingerprint density at radius 3 is 2.45 bits per heavy atom. The lowest BCUT2D eigenvalue weighted by molar-refractivity contribution is 0.176. The first-order chi connectivity index (χ1) is 19.5. The topological polar surface area (TPSA) is 104 Å². The van der Waals surface area contributed by atoms with E-state index in [1.54, 1.807) is 12.1 Å². The number of nitrogens with one attached hydrogen (secondary N) is 2. The number of aliphatic hydroxyl groups is 1. The van der Waals surface area contributed by atoms with Gasteiger partial charge in [0.2, 0.25) is 0 Å². The molecule has 4 N–H and O–H groups in total. The molecule has 0 saturated heterocycles. The number of aromatic hydroxyl groups is 1. The molecule has 204 valence electrons. The largest absolute Gasteiger partial charge is 0.504 e. The lowest BCUT2D eigenvalue weighted by Crippen LogP contribution is -2.24. The molecule has 5 aromatic rings. The van der Waals surface area contributed by atoms with Crippen molar-refractivity contribution < 1.29 is 19.4 Å². The third-order valence-electron chi connectivity index (χ3n) is 6.69. The normalized spacial score (nSPS) is 11.8. The summed E-state index contributed by atoms with van der Waals surface area (Å²) in [6, 6.07) is 30.5. The van der Waals surface area contributed by atoms with Gasteiger partial charge in [-0.1, -0.05) is 48.5 Å². The zero-order valence-electron chi connectivity index (χ0n) is 22.3. The molecule has 7 heteroatoms. The lowest BCUT2D eigenvalue weighted by Gasteiger charge is -2.15. The average molecular weight is 537 g/mol. The van der Waals surface area contributed by atoms with Crippen molar-refractivity contribution in [3.8, 4) is 22.6 Å². The number of benzene rings is 4. The molecule has 1 heterocycles. The van der Waals surface area contributed by atoms with Gasteiger partial charge in [0.25, 0.3) is 0 Å². The van der Waals surface area contributed by atoms with Gasteiger partial charge in [0, 0.05) is 34.9 Å². The van der Waals surface area contributed by atoms with Crippen molar-refractivity contribution in [2.75, 3.05) is 25.0 Å². The van der Waals surface area contributed by atoms with E-state index in [0.717, 1.165) is 34.7 Å². The first-order valence-electron chi connectivity index (χ1n) is 13.3. The summed E-state index contributed by atoms with van der Waals surface area (Å²) in [5.74, 6) is 0.728. The van der Waals surface area contributed by atoms with Crippen molar-refractivity contribution >= 4 is 22.3 Å². The zero-order chi connectivity index (χ0) is 27.9. The maximum Gasteiger partial charge on any atom is 0.336 e. The van der Waals surface area contributed by atoms with E-state index in [-0.39, 0.29) is 11.3 Å². The summed E-state index contributed by atoms with van der Waals surface area (Å²) in [7, 11) is 0. The Kier molecular flexibility index (Phi) is 8.44. The van der Waals surface area contributed by atoms with Crippen LogP contribution < -0.4 is 21.0 Å². The van der Waals surface area contributed by atoms with Crippen LogP contribution in [0.15, 0.2) is 106 Å². The van der Waals surface area contributed by atoms with E-state index in [2.05, 4.69) is 53.1 Å². The van der Waals surface area contributed by atoms with Crippen LogP contribution in [-0.4, -0.2) is 29.9 Å². The number of fused-ring (bicyclic) bond motifs is 1. The van der Waals surface area contributed by atoms with Crippen molar-refractivity contribution in [3.63, 3.8) is 0 Å². The van der Waals surface area contributed by atoms with E-state index in [1.807, 2.05) is 37.3 Å². The predicted molar refractivity (Wildman–Crippen MR) is 158 cm³/mol. The fraction of sp³-hybridized carbons (Fsp3) is 0.182. The Morgan fingerprint density at radius 2 is 1.68 bits per heavy atom. The van der Waals surface area contributed by atoms with E-state index < -0.39 is 11.7 Å². The van der Waals surface area contributed by atoms with Crippen LogP contribution in [0.2, 0.25) is 0 Å². The van der Waals surface area contributed by atoms with Gasteiger partial charge in [0.05, 0.1) is 12.7 Å². The average Bonchev–Trinajstić information content (AvgIpc) is 2.98. The van der Waals surface area contributed by atoms with Gasteiger partial charge in [-0.15, -0.1) is 0 Å². The second-order valence-electron chi connectivity index (χ2n) is 9.47. The van der Waals surface area contributed by atoms with Crippen LogP contribution in [0, 0.1) is 0 Å². The number of hydrogen-bond donors (Lipinski definition) is 4. The summed E-state index contributed by atoms with van der Waals surface area (Å²) in [5.41, 5.74) is 5.40. The molecule has 40 heavy (non-hydrogen) atoms. The van der Waals surface area contributed by atoms with Gasteiger partial charge in [-0.05, 0) is 79.0 Å². The van der Waals surface area contributed by atoms with Crippen LogP contribution >= 0.6 is 0 Å². The Morgan fingerprint density at radius 1 is 0.900 bits per heavy atom. The molecule has 0 radical (unpaired) electrons. The van der Waals surface area contributed by atoms with Gasteiger partial charge < -0.3 is 30.0 Å². The highest BCUT2D eigenvalue weighted by Crippen LogP contribution is 2.34. The molecule has 0 fully saturated rings. The van der Waals surface area contributed by atoms with Crippen LogP contribution in [0.3, 0.4) is 0 Å². The zero-order valence-corrected chi connectivity index (χ0v) is 22.3. The number of phenols is 1. The van der Waals surface area contributed by atoms with Crippen LogP contribution in [-0.2, 0) is 6.42 Å². The summed E-state index contributed by atoms with van der Waals surface area (Å²) in [5, 5.41) is 28.0. The minimum absolute atomic E-state index is 0.0827. The predicted octanol–water partition coefficient (Wildman–Crippen LogP) is 6.17. The Hall–Kier alpha value is -4.59. The molecule has 0 bridgehead atoms. The van der Waals surface area contributed by atoms with Gasteiger partial charge in [-0.3, -0.25) is 0 Å². The molecule has 0 saturated carbocycles. The van der Waals surface area contributed by atoms with E-state index in [4.69, 9.17) is 9.15 Å². The maximum atomic E-state index is 11.5. The molecule has 0 unspecified atom stereocenters. The summed E-state index contributed by atoms with van der Waals surface area (Å²) in [6.45, 7) is 3.59. The number of phenolic OH excluding ortho intramolecular Hbond substituents is 1. The van der Waals surface area contributed by atoms with Crippen molar-refractivity contribution in [3.05, 3.63) is 119 Å². The lowest BCUT2D eigenvalue weighted by atomic mass is 10.0. The minimum Gasteiger partial charge on any atom is -0.504 e. The highest BCUT2D eigenvalue weighted by Gasteiger charge is 2.15. The molecule has 0 aliphatic heterocycles. The van der Waals surface area contributed by atoms with Crippen molar-refractivity contribution in [1.82, 2.24) is 5.32 Å². The Balaban J connectivity index is 1.17. The summed E-state index contributed by atoms with van der Waals surface area (Å²) in [6.07, 6.45) is -0.0309. The first kappa shape index (κ1) is 27.0. The molecule has 1 atom stereocenters. The molecule has 7 nitrogen and oxygen atoms in total. The quantitative estimate of drug-likeness (QED) is 0.118. The molecule has 4 aromatic carbocycles. The maximum absolute atomic E-state index is 11.5. The number of rotatable bonds is 11. The monoisotopic (exact) mass is 536 g/mol. The second kappa shape index (κ2) is 12.5. The van der Waals surface area contributed by atoms with E-state index in [9.17, 15) is 15.0 Å². The Bertz CT molecular complexity index is 1630. The number of hydrogen-bond acceptors (Lipinski definition) is 7. The van der Waals surface area contributed by atoms with Gasteiger partial charge in [-0.25, -0.2) is 4.79 Å². The number of anilines is 2. The fourth-order valence-corrected chi connectivity index (χ4v) is 4.69. The van der Waals surface area contributed by atoms with E-state index in [0.29, 0.717) is 30.6 Å². The van der Waals surface area contributed by atoms with Crippen LogP contribution in [0.4, 0.5) is 11.4 Å². The summed E-state index contributed by atoms with van der Waals surface area (Å²) >= 11 is 0. The third-order valence-corrected chi connectivity index (χ3v) is 6.69. The molecule has 0 aliphatic rings. The van der Waals surface area contributed by atoms with Gasteiger partial charge >= 0.3 is 5.63 Å². The molecule has 1 aromatic heterocycles. The van der Waals surface area contributed by atoms with Crippen molar-refractivity contribution in [2.45, 2.75) is 19.4 Å². The standard InChI is InChI=1S/C33H32N2O5/c1-2-39-31-16-12-25(20-28(31)23-6-4-3-5-7-23)35-24-10-8-22(9-11-24)18-19-34-21-30(37)26-13-15-29(36)33-27(26)14-17-32(38)40-33/h3-17,20,30,34-37H,2,18-19,21H2,1H3/t30-/m0/s1. The molecular weight excluding hydrogens is 504 g/mol. The van der Waals surface area contributed by atoms with Crippen LogP contribution in [0.1, 0.15) is 24.2 Å². The fourth-order valence-electron chi connectivity index (χ4n) is 4.69. The van der Waals surface area contributed by atoms with Crippen molar-refractivity contribution in [1.29, 1.82) is 0 Å². The molecule has 0 aliphatic carbocycles. The summed E-state index contributed by atoms with van der Waals surface area (Å²) < 4.78 is 11.0. The first-order valence-corrected chi connectivity index (χ1v) is 13.3. The summed E-state index contributed by atoms with van der Waals surface area (Å²) in [4.78, 5) is 11.5. The van der Waals surface area contributed by atoms with E-state index >= 15 is 0 Å². The van der Waals surface area contributed by atoms with Crippen LogP contribution in [0.25, 0.3) is 22.1 Å². The minimum atomic E-state index is -0.822. The van der Waals surface area contributed by atoms with Crippen LogP contribution in [0.5, 0.6) is 11.5 Å². The second-order valence-corrected chi connectivity index (χ2v) is 9.47. The highest BCUT2D eigenvalue weighted by molar-refractivity contribution is 5.85. The number of ether oxygens (including phenoxy) is 1. The molecule has 5 rings (SSSR count). The highest BCUT2D eigenvalue weighted by atomic mass is 16.5. The molecule has 0 amide bonds. The van der Waals surface area contributed by atoms with Gasteiger partial charge in [0.1, 0.15) is 5.75 Å². The van der Waals surface area contributed by atoms with Crippen molar-refractivity contribution in [2.24, 2.45) is 0 Å². The van der Waals surface area contributed by atoms with Gasteiger partial charge in [0.15, 0.2) is 11.3 Å².